The summed E-state index contributed by atoms with van der Waals surface area (Å²) in [6.45, 7) is 1.56. The minimum Gasteiger partial charge on any atom is -0.493 e. The Morgan fingerprint density at radius 1 is 1.03 bits per heavy atom. The quantitative estimate of drug-likeness (QED) is 0.269. The Bertz CT molecular complexity index is 1580. The van der Waals surface area contributed by atoms with E-state index in [1.165, 1.54) is 0 Å². The van der Waals surface area contributed by atoms with E-state index in [0.29, 0.717) is 6.61 Å². The lowest BCUT2D eigenvalue weighted by Gasteiger charge is -2.21. The number of hydrogen-bond donors (Lipinski definition) is 2. The van der Waals surface area contributed by atoms with Gasteiger partial charge in [-0.2, -0.15) is 0 Å². The molecule has 37 heavy (non-hydrogen) atoms. The van der Waals surface area contributed by atoms with Crippen LogP contribution in [0.1, 0.15) is 35.8 Å². The van der Waals surface area contributed by atoms with Gasteiger partial charge in [0, 0.05) is 35.8 Å². The Hall–Kier alpha value is -4.32. The summed E-state index contributed by atoms with van der Waals surface area (Å²) in [6.07, 6.45) is 4.86. The molecule has 6 nitrogen and oxygen atoms in total. The van der Waals surface area contributed by atoms with Crippen molar-refractivity contribution in [2.75, 3.05) is 18.5 Å². The molecule has 3 aromatic carbocycles. The number of aromatic nitrogens is 2. The van der Waals surface area contributed by atoms with Gasteiger partial charge in [-0.25, -0.2) is 0 Å². The fraction of sp³-hybridized carbons (Fsp3) is 0.226. The number of benzene rings is 3. The van der Waals surface area contributed by atoms with Crippen LogP contribution in [0.15, 0.2) is 85.1 Å². The molecule has 0 fully saturated rings. The summed E-state index contributed by atoms with van der Waals surface area (Å²) in [5.41, 5.74) is 5.33. The van der Waals surface area contributed by atoms with Crippen LogP contribution >= 0.6 is 0 Å². The summed E-state index contributed by atoms with van der Waals surface area (Å²) in [5, 5.41) is 16.3. The van der Waals surface area contributed by atoms with Crippen molar-refractivity contribution in [3.05, 3.63) is 102 Å². The first kappa shape index (κ1) is 23.1. The van der Waals surface area contributed by atoms with Gasteiger partial charge in [-0.3, -0.25) is 9.78 Å². The first-order valence-corrected chi connectivity index (χ1v) is 12.8. The molecule has 0 bridgehead atoms. The first-order valence-electron chi connectivity index (χ1n) is 12.8. The van der Waals surface area contributed by atoms with E-state index < -0.39 is 5.97 Å². The van der Waals surface area contributed by atoms with Crippen molar-refractivity contribution in [1.29, 1.82) is 0 Å². The van der Waals surface area contributed by atoms with E-state index >= 15 is 0 Å². The Balaban J connectivity index is 1.23. The average molecular weight is 492 g/mol. The SMILES string of the molecule is O=C(O)CC(c1cccc2ccccc12)n1ccc2cc(OCCc3ccc4c(n3)CCCN4)ccc21. The van der Waals surface area contributed by atoms with E-state index in [1.807, 2.05) is 54.7 Å². The number of aryl methyl sites for hydroxylation is 1. The topological polar surface area (TPSA) is 76.4 Å². The van der Waals surface area contributed by atoms with Crippen molar-refractivity contribution in [1.82, 2.24) is 9.55 Å². The summed E-state index contributed by atoms with van der Waals surface area (Å²) < 4.78 is 8.15. The van der Waals surface area contributed by atoms with E-state index in [9.17, 15) is 9.90 Å². The lowest BCUT2D eigenvalue weighted by atomic mass is 9.96. The highest BCUT2D eigenvalue weighted by molar-refractivity contribution is 5.88. The van der Waals surface area contributed by atoms with Gasteiger partial charge in [0.15, 0.2) is 0 Å². The number of nitrogens with zero attached hydrogens (tertiary/aromatic N) is 2. The maximum Gasteiger partial charge on any atom is 0.305 e. The van der Waals surface area contributed by atoms with Gasteiger partial charge < -0.3 is 19.7 Å². The van der Waals surface area contributed by atoms with E-state index in [2.05, 4.69) is 40.2 Å². The van der Waals surface area contributed by atoms with Gasteiger partial charge in [0.25, 0.3) is 0 Å². The van der Waals surface area contributed by atoms with E-state index in [0.717, 1.165) is 75.9 Å². The molecule has 1 unspecified atom stereocenters. The van der Waals surface area contributed by atoms with Crippen LogP contribution in [0.25, 0.3) is 21.7 Å². The predicted octanol–water partition coefficient (Wildman–Crippen LogP) is 6.23. The van der Waals surface area contributed by atoms with Gasteiger partial charge >= 0.3 is 5.97 Å². The molecule has 0 spiro atoms. The van der Waals surface area contributed by atoms with E-state index in [1.54, 1.807) is 0 Å². The van der Waals surface area contributed by atoms with E-state index in [4.69, 9.17) is 9.72 Å². The smallest absolute Gasteiger partial charge is 0.305 e. The third kappa shape index (κ3) is 4.75. The molecule has 0 radical (unpaired) electrons. The lowest BCUT2D eigenvalue weighted by Crippen LogP contribution is -2.15. The van der Waals surface area contributed by atoms with Crippen LogP contribution in [0.5, 0.6) is 5.75 Å². The van der Waals surface area contributed by atoms with Crippen LogP contribution in [0.3, 0.4) is 0 Å². The standard InChI is InChI=1S/C31H29N3O3/c35-31(36)20-30(26-8-3-6-21-5-1-2-7-25(21)26)34-17-14-22-19-24(11-13-29(22)34)37-18-15-23-10-12-27-28(33-23)9-4-16-32-27/h1-3,5-8,10-14,17,19,30,32H,4,9,15-16,18,20H2,(H,35,36). The molecule has 186 valence electrons. The number of carbonyl (C=O) groups is 1. The molecule has 0 saturated carbocycles. The molecule has 0 amide bonds. The Labute approximate surface area is 215 Å². The van der Waals surface area contributed by atoms with Crippen molar-refractivity contribution in [3.8, 4) is 5.75 Å². The van der Waals surface area contributed by atoms with Gasteiger partial charge in [-0.05, 0) is 65.6 Å². The number of carboxylic acids is 1. The predicted molar refractivity (Wildman–Crippen MR) is 147 cm³/mol. The van der Waals surface area contributed by atoms with Crippen LogP contribution < -0.4 is 10.1 Å². The fourth-order valence-electron chi connectivity index (χ4n) is 5.36. The van der Waals surface area contributed by atoms with Gasteiger partial charge in [0.1, 0.15) is 5.75 Å². The number of aliphatic carboxylic acids is 1. The Morgan fingerprint density at radius 2 is 1.92 bits per heavy atom. The van der Waals surface area contributed by atoms with Crippen molar-refractivity contribution in [2.24, 2.45) is 0 Å². The Morgan fingerprint density at radius 3 is 2.84 bits per heavy atom. The van der Waals surface area contributed by atoms with Crippen LogP contribution in [0.2, 0.25) is 0 Å². The summed E-state index contributed by atoms with van der Waals surface area (Å²) in [6, 6.07) is 26.1. The molecule has 1 aliphatic rings. The number of pyridine rings is 1. The third-order valence-electron chi connectivity index (χ3n) is 7.14. The number of rotatable bonds is 8. The van der Waals surface area contributed by atoms with E-state index in [-0.39, 0.29) is 12.5 Å². The number of nitrogens with one attached hydrogen (secondary N) is 1. The molecule has 0 saturated heterocycles. The molecule has 1 aliphatic heterocycles. The highest BCUT2D eigenvalue weighted by Gasteiger charge is 2.21. The summed E-state index contributed by atoms with van der Waals surface area (Å²) >= 11 is 0. The van der Waals surface area contributed by atoms with Crippen molar-refractivity contribution >= 4 is 33.3 Å². The van der Waals surface area contributed by atoms with Crippen LogP contribution in [-0.2, 0) is 17.6 Å². The lowest BCUT2D eigenvalue weighted by molar-refractivity contribution is -0.137. The zero-order valence-corrected chi connectivity index (χ0v) is 20.6. The van der Waals surface area contributed by atoms with Crippen molar-refractivity contribution < 1.29 is 14.6 Å². The highest BCUT2D eigenvalue weighted by Crippen LogP contribution is 2.33. The second kappa shape index (κ2) is 9.97. The molecular formula is C31H29N3O3. The molecule has 2 aromatic heterocycles. The summed E-state index contributed by atoms with van der Waals surface area (Å²) in [4.78, 5) is 16.7. The van der Waals surface area contributed by atoms with Gasteiger partial charge in [-0.1, -0.05) is 42.5 Å². The largest absolute Gasteiger partial charge is 0.493 e. The van der Waals surface area contributed by atoms with Gasteiger partial charge in [0.05, 0.1) is 30.5 Å². The minimum atomic E-state index is -0.827. The van der Waals surface area contributed by atoms with Crippen LogP contribution in [-0.4, -0.2) is 33.8 Å². The normalized spacial score (nSPS) is 13.7. The third-order valence-corrected chi connectivity index (χ3v) is 7.14. The first-order chi connectivity index (χ1) is 18.2. The van der Waals surface area contributed by atoms with Gasteiger partial charge in [-0.15, -0.1) is 0 Å². The number of ether oxygens (including phenoxy) is 1. The average Bonchev–Trinajstić information content (AvgIpc) is 3.34. The van der Waals surface area contributed by atoms with Crippen molar-refractivity contribution in [3.63, 3.8) is 0 Å². The molecule has 6 heteroatoms. The zero-order chi connectivity index (χ0) is 25.2. The molecular weight excluding hydrogens is 462 g/mol. The molecule has 1 atom stereocenters. The molecule has 3 heterocycles. The molecule has 0 aliphatic carbocycles. The molecule has 5 aromatic rings. The fourth-order valence-corrected chi connectivity index (χ4v) is 5.36. The summed E-state index contributed by atoms with van der Waals surface area (Å²) in [5.74, 6) is -0.0314. The van der Waals surface area contributed by atoms with Crippen LogP contribution in [0.4, 0.5) is 5.69 Å². The second-order valence-electron chi connectivity index (χ2n) is 9.55. The highest BCUT2D eigenvalue weighted by atomic mass is 16.5. The maximum absolute atomic E-state index is 11.9. The van der Waals surface area contributed by atoms with Crippen molar-refractivity contribution in [2.45, 2.75) is 31.7 Å². The number of hydrogen-bond acceptors (Lipinski definition) is 4. The molecule has 2 N–H and O–H groups in total. The second-order valence-corrected chi connectivity index (χ2v) is 9.55. The Kier molecular flexibility index (Phi) is 6.23. The van der Waals surface area contributed by atoms with Crippen LogP contribution in [0, 0.1) is 0 Å². The van der Waals surface area contributed by atoms with Gasteiger partial charge in [0.2, 0.25) is 0 Å². The number of anilines is 1. The monoisotopic (exact) mass is 491 g/mol. The maximum atomic E-state index is 11.9. The zero-order valence-electron chi connectivity index (χ0n) is 20.6. The molecule has 6 rings (SSSR count). The number of carboxylic acid groups (broad SMARTS) is 1. The summed E-state index contributed by atoms with van der Waals surface area (Å²) in [7, 11) is 0. The minimum absolute atomic E-state index is 0.000658. The number of fused-ring (bicyclic) bond motifs is 3.